The number of hydrogen-bond acceptors (Lipinski definition) is 4. The maximum absolute atomic E-state index is 9.42. The minimum Gasteiger partial charge on any atom is -0.396 e. The predicted octanol–water partition coefficient (Wildman–Crippen LogP) is 0.853. The summed E-state index contributed by atoms with van der Waals surface area (Å²) < 4.78 is 0. The highest BCUT2D eigenvalue weighted by molar-refractivity contribution is 7.99. The molecule has 0 amide bonds. The Morgan fingerprint density at radius 1 is 1.21 bits per heavy atom. The molecule has 0 aliphatic heterocycles. The van der Waals surface area contributed by atoms with Gasteiger partial charge >= 0.3 is 0 Å². The maximum Gasteiger partial charge on any atom is 0.0603 e. The fourth-order valence-electron chi connectivity index (χ4n) is 0.932. The fraction of sp³-hybridized carbons (Fsp3) is 1.00. The average molecular weight is 221 g/mol. The molecule has 0 aliphatic carbocycles. The second-order valence-corrected chi connectivity index (χ2v) is 5.23. The second-order valence-electron chi connectivity index (χ2n) is 4.00. The Balaban J connectivity index is 2.99. The minimum atomic E-state index is -0.559. The molecular formula is C10H23NO2S. The molecule has 0 aromatic rings. The van der Waals surface area contributed by atoms with E-state index in [-0.39, 0.29) is 0 Å². The first-order valence-corrected chi connectivity index (χ1v) is 6.33. The summed E-state index contributed by atoms with van der Waals surface area (Å²) in [4.78, 5) is 0. The first-order chi connectivity index (χ1) is 6.56. The molecule has 4 heteroatoms. The van der Waals surface area contributed by atoms with Crippen LogP contribution in [0.25, 0.3) is 0 Å². The van der Waals surface area contributed by atoms with Crippen LogP contribution in [0.2, 0.25) is 0 Å². The minimum absolute atomic E-state index is 0.291. The third-order valence-electron chi connectivity index (χ3n) is 1.78. The third kappa shape index (κ3) is 12.2. The van der Waals surface area contributed by atoms with Crippen molar-refractivity contribution in [3.63, 3.8) is 0 Å². The molecule has 3 nitrogen and oxygen atoms in total. The summed E-state index contributed by atoms with van der Waals surface area (Å²) in [5.74, 6) is 2.11. The Morgan fingerprint density at radius 2 is 1.93 bits per heavy atom. The summed E-state index contributed by atoms with van der Waals surface area (Å²) in [5.41, 5.74) is -0.559. The molecule has 0 radical (unpaired) electrons. The Hall–Kier alpha value is 0.230. The van der Waals surface area contributed by atoms with Gasteiger partial charge in [-0.2, -0.15) is 11.8 Å². The lowest BCUT2D eigenvalue weighted by Gasteiger charge is -2.16. The molecule has 0 spiro atoms. The smallest absolute Gasteiger partial charge is 0.0603 e. The van der Waals surface area contributed by atoms with Gasteiger partial charge in [0.05, 0.1) is 5.60 Å². The van der Waals surface area contributed by atoms with Crippen molar-refractivity contribution in [1.29, 1.82) is 0 Å². The van der Waals surface area contributed by atoms with Gasteiger partial charge in [0.25, 0.3) is 0 Å². The van der Waals surface area contributed by atoms with Crippen LogP contribution < -0.4 is 5.32 Å². The Kier molecular flexibility index (Phi) is 8.67. The topological polar surface area (TPSA) is 52.5 Å². The van der Waals surface area contributed by atoms with E-state index in [9.17, 15) is 5.11 Å². The highest BCUT2D eigenvalue weighted by Crippen LogP contribution is 2.05. The highest BCUT2D eigenvalue weighted by Gasteiger charge is 2.10. The van der Waals surface area contributed by atoms with Crippen molar-refractivity contribution in [2.24, 2.45) is 0 Å². The number of aliphatic hydroxyl groups excluding tert-OH is 1. The van der Waals surface area contributed by atoms with Crippen molar-refractivity contribution in [2.75, 3.05) is 31.2 Å². The summed E-state index contributed by atoms with van der Waals surface area (Å²) >= 11 is 1.85. The second kappa shape index (κ2) is 8.53. The molecule has 86 valence electrons. The highest BCUT2D eigenvalue weighted by atomic mass is 32.2. The molecule has 0 fully saturated rings. The van der Waals surface area contributed by atoms with Gasteiger partial charge in [0.1, 0.15) is 0 Å². The summed E-state index contributed by atoms with van der Waals surface area (Å²) in [6, 6.07) is 0. The summed E-state index contributed by atoms with van der Waals surface area (Å²) in [7, 11) is 0. The van der Waals surface area contributed by atoms with E-state index >= 15 is 0 Å². The Bertz CT molecular complexity index is 126. The summed E-state index contributed by atoms with van der Waals surface area (Å²) in [6.07, 6.45) is 1.67. The molecule has 0 rings (SSSR count). The van der Waals surface area contributed by atoms with Gasteiger partial charge in [-0.15, -0.1) is 0 Å². The largest absolute Gasteiger partial charge is 0.396 e. The number of thioether (sulfide) groups is 1. The van der Waals surface area contributed by atoms with Crippen molar-refractivity contribution in [1.82, 2.24) is 5.32 Å². The predicted molar refractivity (Wildman–Crippen MR) is 62.8 cm³/mol. The SMILES string of the molecule is CC(C)(O)CCNCCSCCCO. The molecule has 0 aromatic carbocycles. The van der Waals surface area contributed by atoms with Crippen molar-refractivity contribution in [3.05, 3.63) is 0 Å². The maximum atomic E-state index is 9.42. The molecule has 0 aromatic heterocycles. The number of rotatable bonds is 9. The lowest BCUT2D eigenvalue weighted by Crippen LogP contribution is -2.27. The van der Waals surface area contributed by atoms with Gasteiger partial charge in [-0.25, -0.2) is 0 Å². The van der Waals surface area contributed by atoms with Crippen LogP contribution in [0.15, 0.2) is 0 Å². The van der Waals surface area contributed by atoms with E-state index < -0.39 is 5.60 Å². The fourth-order valence-corrected chi connectivity index (χ4v) is 1.76. The van der Waals surface area contributed by atoms with Crippen LogP contribution in [0.3, 0.4) is 0 Å². The van der Waals surface area contributed by atoms with E-state index in [4.69, 9.17) is 5.11 Å². The average Bonchev–Trinajstić information content (AvgIpc) is 2.08. The first kappa shape index (κ1) is 14.2. The molecule has 0 atom stereocenters. The van der Waals surface area contributed by atoms with E-state index in [1.165, 1.54) is 0 Å². The van der Waals surface area contributed by atoms with E-state index in [1.54, 1.807) is 0 Å². The number of aliphatic hydroxyl groups is 2. The van der Waals surface area contributed by atoms with Crippen LogP contribution in [-0.4, -0.2) is 47.0 Å². The molecule has 0 saturated carbocycles. The summed E-state index contributed by atoms with van der Waals surface area (Å²) in [6.45, 7) is 5.78. The monoisotopic (exact) mass is 221 g/mol. The van der Waals surface area contributed by atoms with Crippen LogP contribution in [0.5, 0.6) is 0 Å². The van der Waals surface area contributed by atoms with Crippen molar-refractivity contribution in [2.45, 2.75) is 32.3 Å². The molecular weight excluding hydrogens is 198 g/mol. The van der Waals surface area contributed by atoms with E-state index in [2.05, 4.69) is 5.32 Å². The lowest BCUT2D eigenvalue weighted by molar-refractivity contribution is 0.0714. The van der Waals surface area contributed by atoms with Crippen LogP contribution in [0.4, 0.5) is 0 Å². The van der Waals surface area contributed by atoms with Crippen molar-refractivity contribution < 1.29 is 10.2 Å². The zero-order chi connectivity index (χ0) is 10.9. The van der Waals surface area contributed by atoms with Crippen molar-refractivity contribution >= 4 is 11.8 Å². The molecule has 3 N–H and O–H groups in total. The molecule has 0 heterocycles. The van der Waals surface area contributed by atoms with Gasteiger partial charge in [0.2, 0.25) is 0 Å². The standard InChI is InChI=1S/C10H23NO2S/c1-10(2,13)4-5-11-6-9-14-8-3-7-12/h11-13H,3-9H2,1-2H3. The zero-order valence-electron chi connectivity index (χ0n) is 9.25. The van der Waals surface area contributed by atoms with E-state index in [1.807, 2.05) is 25.6 Å². The Labute approximate surface area is 91.3 Å². The van der Waals surface area contributed by atoms with Gasteiger partial charge in [0.15, 0.2) is 0 Å². The molecule has 0 unspecified atom stereocenters. The van der Waals surface area contributed by atoms with Gasteiger partial charge in [-0.1, -0.05) is 0 Å². The molecule has 0 bridgehead atoms. The molecule has 0 aliphatic rings. The van der Waals surface area contributed by atoms with Crippen LogP contribution in [-0.2, 0) is 0 Å². The first-order valence-electron chi connectivity index (χ1n) is 5.18. The van der Waals surface area contributed by atoms with Crippen LogP contribution in [0.1, 0.15) is 26.7 Å². The number of nitrogens with one attached hydrogen (secondary N) is 1. The summed E-state index contributed by atoms with van der Waals surface area (Å²) in [5, 5.41) is 21.2. The van der Waals surface area contributed by atoms with E-state index in [0.29, 0.717) is 6.61 Å². The van der Waals surface area contributed by atoms with Gasteiger partial charge < -0.3 is 15.5 Å². The molecule has 0 saturated heterocycles. The third-order valence-corrected chi connectivity index (χ3v) is 2.85. The van der Waals surface area contributed by atoms with Gasteiger partial charge in [0, 0.05) is 18.9 Å². The number of hydrogen-bond donors (Lipinski definition) is 3. The zero-order valence-corrected chi connectivity index (χ0v) is 10.1. The van der Waals surface area contributed by atoms with Gasteiger partial charge in [-0.3, -0.25) is 0 Å². The quantitative estimate of drug-likeness (QED) is 0.505. The normalized spacial score (nSPS) is 12.0. The van der Waals surface area contributed by atoms with Crippen LogP contribution in [0, 0.1) is 0 Å². The van der Waals surface area contributed by atoms with E-state index in [0.717, 1.165) is 37.4 Å². The van der Waals surface area contributed by atoms with Gasteiger partial charge in [-0.05, 0) is 39.0 Å². The Morgan fingerprint density at radius 3 is 2.50 bits per heavy atom. The lowest BCUT2D eigenvalue weighted by atomic mass is 10.1. The van der Waals surface area contributed by atoms with Crippen LogP contribution >= 0.6 is 11.8 Å². The molecule has 14 heavy (non-hydrogen) atoms. The van der Waals surface area contributed by atoms with Crippen molar-refractivity contribution in [3.8, 4) is 0 Å².